The molecule has 1 N–H and O–H groups in total. The summed E-state index contributed by atoms with van der Waals surface area (Å²) in [5.74, 6) is -0.482. The average Bonchev–Trinajstić information content (AvgIpc) is 2.77. The molecular formula is C16H17ClN2O2. The van der Waals surface area contributed by atoms with Gasteiger partial charge in [-0.25, -0.2) is 9.48 Å². The van der Waals surface area contributed by atoms with Crippen molar-refractivity contribution < 1.29 is 9.90 Å². The second kappa shape index (κ2) is 5.19. The number of benzene rings is 1. The molecule has 0 amide bonds. The van der Waals surface area contributed by atoms with Crippen LogP contribution in [0, 0.1) is 12.8 Å². The second-order valence-electron chi connectivity index (χ2n) is 5.79. The van der Waals surface area contributed by atoms with Crippen molar-refractivity contribution in [3.8, 4) is 5.69 Å². The Morgan fingerprint density at radius 2 is 2.24 bits per heavy atom. The molecule has 2 aromatic rings. The highest BCUT2D eigenvalue weighted by molar-refractivity contribution is 6.32. The topological polar surface area (TPSA) is 55.1 Å². The summed E-state index contributed by atoms with van der Waals surface area (Å²) in [7, 11) is 0. The van der Waals surface area contributed by atoms with Gasteiger partial charge in [0.15, 0.2) is 5.69 Å². The number of carboxylic acids is 1. The molecule has 4 nitrogen and oxygen atoms in total. The lowest BCUT2D eigenvalue weighted by Crippen LogP contribution is -2.14. The van der Waals surface area contributed by atoms with Crippen LogP contribution in [0.15, 0.2) is 18.2 Å². The van der Waals surface area contributed by atoms with Gasteiger partial charge in [0, 0.05) is 11.3 Å². The molecule has 1 aromatic carbocycles. The number of nitrogens with zero attached hydrogens (tertiary/aromatic N) is 2. The van der Waals surface area contributed by atoms with Gasteiger partial charge in [-0.3, -0.25) is 0 Å². The van der Waals surface area contributed by atoms with Gasteiger partial charge in [0.2, 0.25) is 0 Å². The number of aromatic carboxylic acids is 1. The Labute approximate surface area is 128 Å². The van der Waals surface area contributed by atoms with Gasteiger partial charge in [0.25, 0.3) is 0 Å². The lowest BCUT2D eigenvalue weighted by molar-refractivity contribution is 0.0688. The third-order valence-corrected chi connectivity index (χ3v) is 4.35. The second-order valence-corrected chi connectivity index (χ2v) is 6.20. The number of carbonyl (C=O) groups is 1. The molecule has 5 heteroatoms. The van der Waals surface area contributed by atoms with Gasteiger partial charge in [-0.05, 0) is 49.8 Å². The van der Waals surface area contributed by atoms with E-state index in [1.807, 2.05) is 25.1 Å². The van der Waals surface area contributed by atoms with Crippen molar-refractivity contribution in [2.45, 2.75) is 33.1 Å². The first-order valence-corrected chi connectivity index (χ1v) is 7.45. The molecule has 1 heterocycles. The molecule has 1 atom stereocenters. The van der Waals surface area contributed by atoms with Crippen LogP contribution in [-0.4, -0.2) is 20.9 Å². The van der Waals surface area contributed by atoms with Crippen LogP contribution in [0.2, 0.25) is 5.02 Å². The van der Waals surface area contributed by atoms with Crippen LogP contribution in [0.3, 0.4) is 0 Å². The van der Waals surface area contributed by atoms with E-state index >= 15 is 0 Å². The summed E-state index contributed by atoms with van der Waals surface area (Å²) < 4.78 is 1.71. The summed E-state index contributed by atoms with van der Waals surface area (Å²) in [5.41, 5.74) is 3.82. The van der Waals surface area contributed by atoms with Crippen molar-refractivity contribution >= 4 is 17.6 Å². The summed E-state index contributed by atoms with van der Waals surface area (Å²) >= 11 is 6.32. The van der Waals surface area contributed by atoms with E-state index in [0.29, 0.717) is 10.9 Å². The van der Waals surface area contributed by atoms with Gasteiger partial charge < -0.3 is 5.11 Å². The van der Waals surface area contributed by atoms with Crippen molar-refractivity contribution in [2.24, 2.45) is 5.92 Å². The summed E-state index contributed by atoms with van der Waals surface area (Å²) in [6.45, 7) is 4.11. The number of rotatable bonds is 2. The minimum Gasteiger partial charge on any atom is -0.476 e. The van der Waals surface area contributed by atoms with Crippen molar-refractivity contribution in [3.05, 3.63) is 45.7 Å². The van der Waals surface area contributed by atoms with E-state index in [2.05, 4.69) is 12.0 Å². The Morgan fingerprint density at radius 1 is 1.48 bits per heavy atom. The maximum absolute atomic E-state index is 11.5. The van der Waals surface area contributed by atoms with Gasteiger partial charge >= 0.3 is 5.97 Å². The average molecular weight is 305 g/mol. The molecule has 0 fully saturated rings. The molecule has 0 saturated carbocycles. The minimum atomic E-state index is -0.970. The zero-order valence-corrected chi connectivity index (χ0v) is 12.8. The number of aryl methyl sites for hydroxylation is 1. The molecule has 0 aliphatic heterocycles. The summed E-state index contributed by atoms with van der Waals surface area (Å²) in [6, 6.07) is 5.73. The molecule has 1 unspecified atom stereocenters. The Kier molecular flexibility index (Phi) is 3.49. The quantitative estimate of drug-likeness (QED) is 0.921. The van der Waals surface area contributed by atoms with Crippen LogP contribution in [0.5, 0.6) is 0 Å². The lowest BCUT2D eigenvalue weighted by atomic mass is 9.87. The highest BCUT2D eigenvalue weighted by Gasteiger charge is 2.28. The summed E-state index contributed by atoms with van der Waals surface area (Å²) in [5, 5.41) is 14.3. The van der Waals surface area contributed by atoms with Gasteiger partial charge in [-0.2, -0.15) is 5.10 Å². The highest BCUT2D eigenvalue weighted by atomic mass is 35.5. The number of hydrogen-bond acceptors (Lipinski definition) is 2. The van der Waals surface area contributed by atoms with Gasteiger partial charge in [0.05, 0.1) is 10.7 Å². The Hall–Kier alpha value is -1.81. The van der Waals surface area contributed by atoms with E-state index in [0.717, 1.165) is 41.8 Å². The van der Waals surface area contributed by atoms with Crippen LogP contribution >= 0.6 is 11.6 Å². The van der Waals surface area contributed by atoms with E-state index in [1.54, 1.807) is 4.68 Å². The first-order chi connectivity index (χ1) is 9.97. The molecule has 3 rings (SSSR count). The Bertz CT molecular complexity index is 721. The minimum absolute atomic E-state index is 0.160. The molecule has 110 valence electrons. The monoisotopic (exact) mass is 304 g/mol. The predicted octanol–water partition coefficient (Wildman–Crippen LogP) is 3.66. The van der Waals surface area contributed by atoms with E-state index < -0.39 is 5.97 Å². The number of carboxylic acid groups (broad SMARTS) is 1. The number of halogens is 1. The number of hydrogen-bond donors (Lipinski definition) is 1. The first kappa shape index (κ1) is 14.1. The van der Waals surface area contributed by atoms with Crippen molar-refractivity contribution in [1.82, 2.24) is 9.78 Å². The zero-order valence-electron chi connectivity index (χ0n) is 12.1. The normalized spacial score (nSPS) is 17.6. The molecule has 0 saturated heterocycles. The van der Waals surface area contributed by atoms with Gasteiger partial charge in [-0.1, -0.05) is 24.6 Å². The van der Waals surface area contributed by atoms with Gasteiger partial charge in [-0.15, -0.1) is 0 Å². The Morgan fingerprint density at radius 3 is 2.90 bits per heavy atom. The van der Waals surface area contributed by atoms with Crippen molar-refractivity contribution in [1.29, 1.82) is 0 Å². The van der Waals surface area contributed by atoms with Crippen LogP contribution in [0.1, 0.15) is 40.7 Å². The third-order valence-electron chi connectivity index (χ3n) is 4.05. The predicted molar refractivity (Wildman–Crippen MR) is 81.5 cm³/mol. The maximum Gasteiger partial charge on any atom is 0.356 e. The SMILES string of the molecule is Cc1ccc(-n2nc(C(=O)O)c3c2CCC(C)C3)c(Cl)c1. The van der Waals surface area contributed by atoms with Crippen LogP contribution in [0.25, 0.3) is 5.69 Å². The molecule has 1 aliphatic carbocycles. The van der Waals surface area contributed by atoms with Crippen LogP contribution < -0.4 is 0 Å². The molecule has 0 spiro atoms. The van der Waals surface area contributed by atoms with E-state index in [-0.39, 0.29) is 5.69 Å². The summed E-state index contributed by atoms with van der Waals surface area (Å²) in [4.78, 5) is 11.5. The molecule has 0 radical (unpaired) electrons. The largest absolute Gasteiger partial charge is 0.476 e. The number of fused-ring (bicyclic) bond motifs is 1. The Balaban J connectivity index is 2.19. The van der Waals surface area contributed by atoms with Gasteiger partial charge in [0.1, 0.15) is 0 Å². The van der Waals surface area contributed by atoms with Crippen LogP contribution in [0.4, 0.5) is 0 Å². The van der Waals surface area contributed by atoms with Crippen molar-refractivity contribution in [2.75, 3.05) is 0 Å². The summed E-state index contributed by atoms with van der Waals surface area (Å²) in [6.07, 6.45) is 2.64. The smallest absolute Gasteiger partial charge is 0.356 e. The van der Waals surface area contributed by atoms with Crippen LogP contribution in [-0.2, 0) is 12.8 Å². The standard InChI is InChI=1S/C16H17ClN2O2/c1-9-3-5-13-11(7-9)15(16(20)21)18-19(13)14-6-4-10(2)8-12(14)17/h4,6,8-9H,3,5,7H2,1-2H3,(H,20,21). The number of aromatic nitrogens is 2. The molecule has 1 aromatic heterocycles. The first-order valence-electron chi connectivity index (χ1n) is 7.08. The molecular weight excluding hydrogens is 288 g/mol. The molecule has 21 heavy (non-hydrogen) atoms. The highest BCUT2D eigenvalue weighted by Crippen LogP contribution is 2.32. The fourth-order valence-electron chi connectivity index (χ4n) is 2.94. The lowest BCUT2D eigenvalue weighted by Gasteiger charge is -2.20. The van der Waals surface area contributed by atoms with E-state index in [9.17, 15) is 9.90 Å². The molecule has 1 aliphatic rings. The van der Waals surface area contributed by atoms with E-state index in [1.165, 1.54) is 0 Å². The van der Waals surface area contributed by atoms with Crippen molar-refractivity contribution in [3.63, 3.8) is 0 Å². The van der Waals surface area contributed by atoms with E-state index in [4.69, 9.17) is 11.6 Å². The fourth-order valence-corrected chi connectivity index (χ4v) is 3.26. The fraction of sp³-hybridized carbons (Fsp3) is 0.375. The molecule has 0 bridgehead atoms. The zero-order chi connectivity index (χ0) is 15.1. The third kappa shape index (κ3) is 2.44. The maximum atomic E-state index is 11.5.